The Morgan fingerprint density at radius 1 is 1.23 bits per heavy atom. The molecule has 1 aromatic carbocycles. The van der Waals surface area contributed by atoms with Gasteiger partial charge in [0.2, 0.25) is 0 Å². The van der Waals surface area contributed by atoms with Crippen LogP contribution in [0.25, 0.3) is 0 Å². The first-order chi connectivity index (χ1) is 10.00. The maximum absolute atomic E-state index is 6.41. The quantitative estimate of drug-likeness (QED) is 0.522. The van der Waals surface area contributed by atoms with Crippen molar-refractivity contribution in [2.24, 2.45) is 0 Å². The largest absolute Gasteiger partial charge is 0.397 e. The van der Waals surface area contributed by atoms with Crippen molar-refractivity contribution in [3.05, 3.63) is 23.8 Å². The van der Waals surface area contributed by atoms with Crippen molar-refractivity contribution >= 4 is 19.4 Å². The standard InChI is InChI=1S/C18H34N3Si/c1-14(22(5,6)7)15-8-9-18(17(19)12-15)20-11-10-16(13-20)21(2,3)4/h8-9,12,14,16H,10-11,13,19H2,1-7H3/q+1. The van der Waals surface area contributed by atoms with Crippen molar-refractivity contribution in [1.82, 2.24) is 0 Å². The lowest BCUT2D eigenvalue weighted by atomic mass is 10.1. The van der Waals surface area contributed by atoms with E-state index in [2.05, 4.69) is 70.8 Å². The van der Waals surface area contributed by atoms with Crippen LogP contribution >= 0.6 is 0 Å². The van der Waals surface area contributed by atoms with Crippen molar-refractivity contribution in [3.8, 4) is 0 Å². The molecule has 0 spiro atoms. The van der Waals surface area contributed by atoms with Crippen LogP contribution in [-0.4, -0.2) is 52.8 Å². The summed E-state index contributed by atoms with van der Waals surface area (Å²) in [5.74, 6) is 0. The van der Waals surface area contributed by atoms with E-state index >= 15 is 0 Å². The van der Waals surface area contributed by atoms with Crippen LogP contribution in [0.3, 0.4) is 0 Å². The molecule has 4 heteroatoms. The molecule has 1 fully saturated rings. The van der Waals surface area contributed by atoms with Crippen LogP contribution in [0.1, 0.15) is 24.4 Å². The zero-order valence-electron chi connectivity index (χ0n) is 15.5. The molecule has 124 valence electrons. The van der Waals surface area contributed by atoms with E-state index in [1.807, 2.05) is 0 Å². The van der Waals surface area contributed by atoms with E-state index in [1.54, 1.807) is 0 Å². The monoisotopic (exact) mass is 320 g/mol. The Labute approximate surface area is 137 Å². The molecule has 0 amide bonds. The molecule has 2 unspecified atom stereocenters. The number of benzene rings is 1. The van der Waals surface area contributed by atoms with E-state index in [0.717, 1.165) is 23.3 Å². The Bertz CT molecular complexity index is 528. The molecule has 1 saturated heterocycles. The second kappa shape index (κ2) is 5.89. The number of quaternary nitrogens is 1. The van der Waals surface area contributed by atoms with Gasteiger partial charge in [0.15, 0.2) is 0 Å². The van der Waals surface area contributed by atoms with Crippen molar-refractivity contribution in [3.63, 3.8) is 0 Å². The first kappa shape index (κ1) is 17.4. The highest BCUT2D eigenvalue weighted by molar-refractivity contribution is 6.77. The molecule has 1 aliphatic heterocycles. The van der Waals surface area contributed by atoms with Crippen LogP contribution in [0, 0.1) is 0 Å². The highest BCUT2D eigenvalue weighted by atomic mass is 28.3. The number of hydrogen-bond acceptors (Lipinski definition) is 2. The zero-order valence-corrected chi connectivity index (χ0v) is 16.5. The fourth-order valence-electron chi connectivity index (χ4n) is 3.22. The number of hydrogen-bond donors (Lipinski definition) is 1. The number of nitrogen functional groups attached to an aromatic ring is 1. The number of anilines is 2. The molecule has 0 saturated carbocycles. The van der Waals surface area contributed by atoms with Gasteiger partial charge < -0.3 is 15.1 Å². The van der Waals surface area contributed by atoms with E-state index in [9.17, 15) is 0 Å². The van der Waals surface area contributed by atoms with Gasteiger partial charge in [-0.25, -0.2) is 0 Å². The molecule has 3 nitrogen and oxygen atoms in total. The Balaban J connectivity index is 2.18. The second-order valence-electron chi connectivity index (χ2n) is 8.91. The zero-order chi connectivity index (χ0) is 16.7. The molecule has 22 heavy (non-hydrogen) atoms. The Morgan fingerprint density at radius 3 is 2.32 bits per heavy atom. The van der Waals surface area contributed by atoms with Gasteiger partial charge in [-0.1, -0.05) is 32.6 Å². The summed E-state index contributed by atoms with van der Waals surface area (Å²) in [6.07, 6.45) is 1.25. The summed E-state index contributed by atoms with van der Waals surface area (Å²) in [6.45, 7) is 11.9. The van der Waals surface area contributed by atoms with Gasteiger partial charge in [-0.2, -0.15) is 0 Å². The predicted octanol–water partition coefficient (Wildman–Crippen LogP) is 3.53. The molecule has 1 heterocycles. The van der Waals surface area contributed by atoms with E-state index in [0.29, 0.717) is 11.6 Å². The lowest BCUT2D eigenvalue weighted by Crippen LogP contribution is -2.46. The van der Waals surface area contributed by atoms with Crippen LogP contribution in [0.15, 0.2) is 18.2 Å². The summed E-state index contributed by atoms with van der Waals surface area (Å²) in [4.78, 5) is 2.46. The number of nitrogens with zero attached hydrogens (tertiary/aromatic N) is 2. The third-order valence-electron chi connectivity index (χ3n) is 5.45. The fourth-order valence-corrected chi connectivity index (χ4v) is 4.40. The summed E-state index contributed by atoms with van der Waals surface area (Å²) in [5.41, 5.74) is 10.6. The van der Waals surface area contributed by atoms with Gasteiger partial charge >= 0.3 is 0 Å². The molecule has 2 N–H and O–H groups in total. The number of rotatable bonds is 4. The minimum absolute atomic E-state index is 0.640. The highest BCUT2D eigenvalue weighted by Gasteiger charge is 2.33. The lowest BCUT2D eigenvalue weighted by Gasteiger charge is -2.32. The van der Waals surface area contributed by atoms with Crippen molar-refractivity contribution in [2.45, 2.75) is 44.6 Å². The van der Waals surface area contributed by atoms with Crippen LogP contribution in [0.4, 0.5) is 11.4 Å². The van der Waals surface area contributed by atoms with Gasteiger partial charge in [0.05, 0.1) is 47.1 Å². The molecule has 2 rings (SSSR count). The SMILES string of the molecule is CC(c1ccc(N2CCC([N+](C)(C)C)C2)c(N)c1)[Si](C)(C)C. The normalized spacial score (nSPS) is 21.2. The van der Waals surface area contributed by atoms with Crippen molar-refractivity contribution in [1.29, 1.82) is 0 Å². The molecule has 1 aliphatic rings. The minimum Gasteiger partial charge on any atom is -0.397 e. The topological polar surface area (TPSA) is 29.3 Å². The number of likely N-dealkylation sites (N-methyl/N-ethyl adjacent to an activating group) is 1. The summed E-state index contributed by atoms with van der Waals surface area (Å²) >= 11 is 0. The molecule has 2 atom stereocenters. The smallest absolute Gasteiger partial charge is 0.108 e. The highest BCUT2D eigenvalue weighted by Crippen LogP contribution is 2.34. The maximum atomic E-state index is 6.41. The van der Waals surface area contributed by atoms with E-state index in [1.165, 1.54) is 17.7 Å². The third-order valence-corrected chi connectivity index (χ3v) is 8.38. The summed E-state index contributed by atoms with van der Waals surface area (Å²) in [6, 6.07) is 7.46. The van der Waals surface area contributed by atoms with Crippen LogP contribution in [-0.2, 0) is 0 Å². The third kappa shape index (κ3) is 3.66. The molecule has 0 radical (unpaired) electrons. The average Bonchev–Trinajstić information content (AvgIpc) is 2.85. The van der Waals surface area contributed by atoms with Crippen LogP contribution < -0.4 is 10.6 Å². The van der Waals surface area contributed by atoms with E-state index in [-0.39, 0.29) is 0 Å². The van der Waals surface area contributed by atoms with E-state index in [4.69, 9.17) is 5.73 Å². The van der Waals surface area contributed by atoms with E-state index < -0.39 is 8.07 Å². The number of nitrogens with two attached hydrogens (primary N) is 1. The first-order valence-corrected chi connectivity index (χ1v) is 12.0. The molecular weight excluding hydrogens is 286 g/mol. The van der Waals surface area contributed by atoms with Gasteiger partial charge in [0.1, 0.15) is 6.04 Å². The molecular formula is C18H34N3Si+. The molecule has 0 bridgehead atoms. The first-order valence-electron chi connectivity index (χ1n) is 8.45. The summed E-state index contributed by atoms with van der Waals surface area (Å²) < 4.78 is 1.03. The van der Waals surface area contributed by atoms with Crippen LogP contribution in [0.2, 0.25) is 19.6 Å². The van der Waals surface area contributed by atoms with Gasteiger partial charge in [-0.3, -0.25) is 0 Å². The minimum atomic E-state index is -1.18. The van der Waals surface area contributed by atoms with Crippen molar-refractivity contribution in [2.75, 3.05) is 44.9 Å². The van der Waals surface area contributed by atoms with Gasteiger partial charge in [-0.05, 0) is 23.2 Å². The second-order valence-corrected chi connectivity index (χ2v) is 14.5. The Hall–Kier alpha value is -1.00. The molecule has 0 aliphatic carbocycles. The lowest BCUT2D eigenvalue weighted by molar-refractivity contribution is -0.893. The van der Waals surface area contributed by atoms with Gasteiger partial charge in [0, 0.05) is 13.0 Å². The predicted molar refractivity (Wildman–Crippen MR) is 101 cm³/mol. The summed E-state index contributed by atoms with van der Waals surface area (Å²) in [5, 5.41) is 0. The maximum Gasteiger partial charge on any atom is 0.108 e. The van der Waals surface area contributed by atoms with Crippen LogP contribution in [0.5, 0.6) is 0 Å². The van der Waals surface area contributed by atoms with Gasteiger partial charge in [0.25, 0.3) is 0 Å². The fraction of sp³-hybridized carbons (Fsp3) is 0.667. The Kier molecular flexibility index (Phi) is 4.65. The molecule has 1 aromatic rings. The average molecular weight is 321 g/mol. The summed E-state index contributed by atoms with van der Waals surface area (Å²) in [7, 11) is 5.68. The van der Waals surface area contributed by atoms with Crippen molar-refractivity contribution < 1.29 is 4.48 Å². The Morgan fingerprint density at radius 2 is 1.86 bits per heavy atom. The van der Waals surface area contributed by atoms with Gasteiger partial charge in [-0.15, -0.1) is 0 Å². The molecule has 0 aromatic heterocycles.